The maximum atomic E-state index is 10.3. The normalized spacial score (nSPS) is 29.2. The number of nitrogen functional groups attached to an aromatic ring is 1. The van der Waals surface area contributed by atoms with Crippen LogP contribution in [-0.4, -0.2) is 68.1 Å². The second-order valence-corrected chi connectivity index (χ2v) is 5.23. The monoisotopic (exact) mass is 325 g/mol. The molecule has 0 amide bonds. The Kier molecular flexibility index (Phi) is 4.41. The van der Waals surface area contributed by atoms with Crippen molar-refractivity contribution in [2.24, 2.45) is 0 Å². The lowest BCUT2D eigenvalue weighted by atomic mass is 10.1. The fourth-order valence-electron chi connectivity index (χ4n) is 2.57. The summed E-state index contributed by atoms with van der Waals surface area (Å²) in [5.41, 5.74) is 6.66. The molecule has 10 nitrogen and oxygen atoms in total. The highest BCUT2D eigenvalue weighted by molar-refractivity contribution is 5.81. The SMILES string of the molecule is COC(C)O[C@@H]1[C@H](O)[C@@H](CO)O[C@H]1n1cnc2c(N)ncnc21. The number of nitrogens with zero attached hydrogens (tertiary/aromatic N) is 4. The molecule has 2 aromatic rings. The Morgan fingerprint density at radius 2 is 2.22 bits per heavy atom. The third-order valence-electron chi connectivity index (χ3n) is 3.83. The average molecular weight is 325 g/mol. The van der Waals surface area contributed by atoms with Gasteiger partial charge in [0.1, 0.15) is 30.2 Å². The molecular formula is C13H19N5O5. The summed E-state index contributed by atoms with van der Waals surface area (Å²) in [5.74, 6) is 0.244. The Morgan fingerprint density at radius 1 is 1.43 bits per heavy atom. The smallest absolute Gasteiger partial charge is 0.167 e. The molecule has 2 aromatic heterocycles. The Labute approximate surface area is 131 Å². The molecule has 4 N–H and O–H groups in total. The number of hydrogen-bond donors (Lipinski definition) is 3. The molecule has 1 aliphatic rings. The minimum atomic E-state index is -1.03. The van der Waals surface area contributed by atoms with E-state index in [9.17, 15) is 10.2 Å². The van der Waals surface area contributed by atoms with Crippen LogP contribution < -0.4 is 5.73 Å². The molecule has 0 bridgehead atoms. The van der Waals surface area contributed by atoms with Gasteiger partial charge in [0, 0.05) is 7.11 Å². The molecule has 126 valence electrons. The van der Waals surface area contributed by atoms with Gasteiger partial charge in [-0.3, -0.25) is 4.57 Å². The van der Waals surface area contributed by atoms with E-state index in [-0.39, 0.29) is 12.4 Å². The van der Waals surface area contributed by atoms with E-state index in [1.165, 1.54) is 19.8 Å². The van der Waals surface area contributed by atoms with E-state index in [1.54, 1.807) is 11.5 Å². The first-order chi connectivity index (χ1) is 11.1. The van der Waals surface area contributed by atoms with Gasteiger partial charge in [0.15, 0.2) is 24.0 Å². The molecule has 10 heteroatoms. The molecular weight excluding hydrogens is 306 g/mol. The fourth-order valence-corrected chi connectivity index (χ4v) is 2.57. The van der Waals surface area contributed by atoms with E-state index in [0.29, 0.717) is 11.2 Å². The first-order valence-corrected chi connectivity index (χ1v) is 7.12. The van der Waals surface area contributed by atoms with Crippen LogP contribution >= 0.6 is 0 Å². The van der Waals surface area contributed by atoms with E-state index < -0.39 is 30.8 Å². The van der Waals surface area contributed by atoms with Crippen LogP contribution in [-0.2, 0) is 14.2 Å². The van der Waals surface area contributed by atoms with Gasteiger partial charge in [-0.2, -0.15) is 0 Å². The summed E-state index contributed by atoms with van der Waals surface area (Å²) in [7, 11) is 1.49. The zero-order valence-electron chi connectivity index (χ0n) is 12.7. The number of aromatic nitrogens is 4. The summed E-state index contributed by atoms with van der Waals surface area (Å²) in [6.07, 6.45) is -1.08. The van der Waals surface area contributed by atoms with Crippen molar-refractivity contribution >= 4 is 17.0 Å². The maximum Gasteiger partial charge on any atom is 0.167 e. The van der Waals surface area contributed by atoms with Crippen molar-refractivity contribution in [3.8, 4) is 0 Å². The van der Waals surface area contributed by atoms with E-state index in [1.807, 2.05) is 0 Å². The van der Waals surface area contributed by atoms with Crippen LogP contribution in [0.3, 0.4) is 0 Å². The molecule has 1 aliphatic heterocycles. The number of rotatable bonds is 5. The first kappa shape index (κ1) is 16.0. The van der Waals surface area contributed by atoms with Gasteiger partial charge in [0.05, 0.1) is 12.9 Å². The lowest BCUT2D eigenvalue weighted by Crippen LogP contribution is -2.37. The van der Waals surface area contributed by atoms with E-state index in [4.69, 9.17) is 19.9 Å². The summed E-state index contributed by atoms with van der Waals surface area (Å²) in [4.78, 5) is 12.2. The predicted octanol–water partition coefficient (Wildman–Crippen LogP) is -0.963. The van der Waals surface area contributed by atoms with Crippen molar-refractivity contribution in [1.29, 1.82) is 0 Å². The van der Waals surface area contributed by atoms with Gasteiger partial charge in [0.2, 0.25) is 0 Å². The second-order valence-electron chi connectivity index (χ2n) is 5.23. The Morgan fingerprint density at radius 3 is 2.91 bits per heavy atom. The minimum Gasteiger partial charge on any atom is -0.394 e. The molecule has 0 aromatic carbocycles. The summed E-state index contributed by atoms with van der Waals surface area (Å²) in [6.45, 7) is 1.35. The molecule has 23 heavy (non-hydrogen) atoms. The topological polar surface area (TPSA) is 138 Å². The quantitative estimate of drug-likeness (QED) is 0.593. The number of aliphatic hydroxyl groups is 2. The molecule has 0 aliphatic carbocycles. The zero-order chi connectivity index (χ0) is 16.6. The van der Waals surface area contributed by atoms with Crippen LogP contribution in [0.5, 0.6) is 0 Å². The van der Waals surface area contributed by atoms with Gasteiger partial charge >= 0.3 is 0 Å². The fraction of sp³-hybridized carbons (Fsp3) is 0.615. The third kappa shape index (κ3) is 2.75. The molecule has 5 atom stereocenters. The van der Waals surface area contributed by atoms with Crippen molar-refractivity contribution in [3.05, 3.63) is 12.7 Å². The molecule has 3 rings (SSSR count). The van der Waals surface area contributed by atoms with Gasteiger partial charge in [-0.05, 0) is 6.92 Å². The number of fused-ring (bicyclic) bond motifs is 1. The van der Waals surface area contributed by atoms with Crippen molar-refractivity contribution in [1.82, 2.24) is 19.5 Å². The molecule has 1 fully saturated rings. The van der Waals surface area contributed by atoms with Gasteiger partial charge in [-0.1, -0.05) is 0 Å². The van der Waals surface area contributed by atoms with Crippen LogP contribution in [0, 0.1) is 0 Å². The highest BCUT2D eigenvalue weighted by Crippen LogP contribution is 2.34. The van der Waals surface area contributed by atoms with Crippen molar-refractivity contribution in [3.63, 3.8) is 0 Å². The largest absolute Gasteiger partial charge is 0.394 e. The van der Waals surface area contributed by atoms with Gasteiger partial charge in [-0.15, -0.1) is 0 Å². The zero-order valence-corrected chi connectivity index (χ0v) is 12.7. The summed E-state index contributed by atoms with van der Waals surface area (Å²) < 4.78 is 18.1. The average Bonchev–Trinajstić information content (AvgIpc) is 3.10. The van der Waals surface area contributed by atoms with E-state index in [0.717, 1.165) is 0 Å². The number of ether oxygens (including phenoxy) is 3. The van der Waals surface area contributed by atoms with Crippen LogP contribution in [0.2, 0.25) is 0 Å². The molecule has 0 radical (unpaired) electrons. The number of nitrogens with two attached hydrogens (primary N) is 1. The van der Waals surface area contributed by atoms with Crippen LogP contribution in [0.1, 0.15) is 13.2 Å². The summed E-state index contributed by atoms with van der Waals surface area (Å²) in [6, 6.07) is 0. The lowest BCUT2D eigenvalue weighted by Gasteiger charge is -2.24. The highest BCUT2D eigenvalue weighted by Gasteiger charge is 2.46. The highest BCUT2D eigenvalue weighted by atomic mass is 16.7. The Balaban J connectivity index is 1.98. The standard InChI is InChI=1S/C13H19N5O5/c1-6(21-2)22-10-9(20)7(3-19)23-13(10)18-5-17-8-11(14)15-4-16-12(8)18/h4-7,9-10,13,19-20H,3H2,1-2H3,(H2,14,15,16)/t6?,7-,9-,10-,13-/m1/s1. The van der Waals surface area contributed by atoms with Crippen LogP contribution in [0.15, 0.2) is 12.7 Å². The van der Waals surface area contributed by atoms with E-state index in [2.05, 4.69) is 15.0 Å². The predicted molar refractivity (Wildman–Crippen MR) is 78.1 cm³/mol. The number of methoxy groups -OCH3 is 1. The molecule has 0 spiro atoms. The Hall–Kier alpha value is -1.85. The number of imidazole rings is 1. The maximum absolute atomic E-state index is 10.3. The van der Waals surface area contributed by atoms with Crippen molar-refractivity contribution in [2.45, 2.75) is 37.8 Å². The Bertz CT molecular complexity index is 680. The van der Waals surface area contributed by atoms with Crippen LogP contribution in [0.25, 0.3) is 11.2 Å². The summed E-state index contributed by atoms with van der Waals surface area (Å²) >= 11 is 0. The molecule has 3 heterocycles. The third-order valence-corrected chi connectivity index (χ3v) is 3.83. The van der Waals surface area contributed by atoms with Gasteiger partial charge < -0.3 is 30.2 Å². The van der Waals surface area contributed by atoms with Crippen molar-refractivity contribution in [2.75, 3.05) is 19.5 Å². The number of anilines is 1. The number of hydrogen-bond acceptors (Lipinski definition) is 9. The number of aliphatic hydroxyl groups excluding tert-OH is 2. The molecule has 1 unspecified atom stereocenters. The minimum absolute atomic E-state index is 0.244. The first-order valence-electron chi connectivity index (χ1n) is 7.12. The molecule has 1 saturated heterocycles. The molecule has 0 saturated carbocycles. The lowest BCUT2D eigenvalue weighted by molar-refractivity contribution is -0.181. The van der Waals surface area contributed by atoms with Crippen LogP contribution in [0.4, 0.5) is 5.82 Å². The van der Waals surface area contributed by atoms with Gasteiger partial charge in [0.25, 0.3) is 0 Å². The van der Waals surface area contributed by atoms with E-state index >= 15 is 0 Å². The van der Waals surface area contributed by atoms with Gasteiger partial charge in [-0.25, -0.2) is 15.0 Å². The van der Waals surface area contributed by atoms with Crippen molar-refractivity contribution < 1.29 is 24.4 Å². The summed E-state index contributed by atoms with van der Waals surface area (Å²) in [5, 5.41) is 19.7. The second kappa shape index (κ2) is 6.34.